The quantitative estimate of drug-likeness (QED) is 0.556. The fraction of sp³-hybridized carbons (Fsp3) is 0.0769. The first-order chi connectivity index (χ1) is 10.4. The van der Waals surface area contributed by atoms with E-state index in [1.165, 1.54) is 25.4 Å². The van der Waals surface area contributed by atoms with Crippen LogP contribution in [0.2, 0.25) is 0 Å². The summed E-state index contributed by atoms with van der Waals surface area (Å²) in [6.07, 6.45) is 1.43. The van der Waals surface area contributed by atoms with Crippen molar-refractivity contribution >= 4 is 38.2 Å². The number of esters is 1. The second-order valence-corrected chi connectivity index (χ2v) is 5.44. The average molecular weight is 322 g/mol. The van der Waals surface area contributed by atoms with Gasteiger partial charge in [-0.25, -0.2) is 9.78 Å². The largest absolute Gasteiger partial charge is 0.464 e. The third kappa shape index (κ3) is 2.47. The summed E-state index contributed by atoms with van der Waals surface area (Å²) in [6.45, 7) is 0. The predicted octanol–water partition coefficient (Wildman–Crippen LogP) is 1.68. The van der Waals surface area contributed by atoms with Gasteiger partial charge in [-0.2, -0.15) is 8.42 Å². The number of hydrogen-bond donors (Lipinski definition) is 2. The molecule has 0 fully saturated rings. The van der Waals surface area contributed by atoms with E-state index in [0.717, 1.165) is 0 Å². The third-order valence-corrected chi connectivity index (χ3v) is 3.45. The molecule has 22 heavy (non-hydrogen) atoms. The van der Waals surface area contributed by atoms with Gasteiger partial charge in [0.2, 0.25) is 0 Å². The number of pyridine rings is 1. The van der Waals surface area contributed by atoms with Gasteiger partial charge in [-0.15, -0.1) is 0 Å². The van der Waals surface area contributed by atoms with Gasteiger partial charge in [0.05, 0.1) is 29.7 Å². The minimum Gasteiger partial charge on any atom is -0.464 e. The number of rotatable bonds is 3. The van der Waals surface area contributed by atoms with E-state index in [-0.39, 0.29) is 11.4 Å². The van der Waals surface area contributed by atoms with Crippen LogP contribution in [-0.4, -0.2) is 36.0 Å². The normalized spacial score (nSPS) is 11.7. The summed E-state index contributed by atoms with van der Waals surface area (Å²) in [5, 5.41) is 0.923. The van der Waals surface area contributed by atoms with Crippen molar-refractivity contribution in [2.24, 2.45) is 0 Å². The maximum Gasteiger partial charge on any atom is 0.446 e. The lowest BCUT2D eigenvalue weighted by Crippen LogP contribution is -2.06. The first-order valence-corrected chi connectivity index (χ1v) is 7.41. The molecule has 2 aromatic heterocycles. The minimum atomic E-state index is -4.67. The van der Waals surface area contributed by atoms with Crippen LogP contribution in [0.3, 0.4) is 0 Å². The Balaban J connectivity index is 2.32. The lowest BCUT2D eigenvalue weighted by Gasteiger charge is -2.03. The average Bonchev–Trinajstić information content (AvgIpc) is 2.83. The highest BCUT2D eigenvalue weighted by Gasteiger charge is 2.17. The summed E-state index contributed by atoms with van der Waals surface area (Å²) < 4.78 is 40.0. The zero-order valence-corrected chi connectivity index (χ0v) is 12.0. The first kappa shape index (κ1) is 14.3. The second-order valence-electron chi connectivity index (χ2n) is 4.42. The Labute approximate surface area is 124 Å². The minimum absolute atomic E-state index is 0.0618. The van der Waals surface area contributed by atoms with Crippen molar-refractivity contribution in [2.45, 2.75) is 0 Å². The van der Waals surface area contributed by atoms with E-state index < -0.39 is 16.4 Å². The van der Waals surface area contributed by atoms with Crippen molar-refractivity contribution in [2.75, 3.05) is 7.11 Å². The second kappa shape index (κ2) is 4.97. The molecule has 0 atom stereocenters. The summed E-state index contributed by atoms with van der Waals surface area (Å²) in [7, 11) is -3.43. The van der Waals surface area contributed by atoms with Crippen molar-refractivity contribution in [3.63, 3.8) is 0 Å². The molecule has 0 saturated carbocycles. The lowest BCUT2D eigenvalue weighted by atomic mass is 10.1. The van der Waals surface area contributed by atoms with Crippen LogP contribution in [-0.2, 0) is 15.1 Å². The van der Waals surface area contributed by atoms with E-state index in [2.05, 4.69) is 18.9 Å². The number of fused-ring (bicyclic) bond motifs is 3. The zero-order valence-electron chi connectivity index (χ0n) is 11.2. The molecule has 3 rings (SSSR count). The SMILES string of the molecule is COC(=O)c1cc2c(cn1)[nH]c1cccc(OS(=O)(=O)O)c12. The molecule has 2 heterocycles. The summed E-state index contributed by atoms with van der Waals surface area (Å²) in [5.74, 6) is -0.683. The van der Waals surface area contributed by atoms with E-state index in [9.17, 15) is 13.2 Å². The van der Waals surface area contributed by atoms with E-state index in [4.69, 9.17) is 4.55 Å². The maximum atomic E-state index is 11.6. The van der Waals surface area contributed by atoms with Gasteiger partial charge in [0.15, 0.2) is 5.75 Å². The van der Waals surface area contributed by atoms with Gasteiger partial charge < -0.3 is 13.9 Å². The Morgan fingerprint density at radius 1 is 1.32 bits per heavy atom. The molecule has 0 spiro atoms. The maximum absolute atomic E-state index is 11.6. The van der Waals surface area contributed by atoms with Gasteiger partial charge in [0, 0.05) is 5.39 Å². The number of H-pyrrole nitrogens is 1. The predicted molar refractivity (Wildman–Crippen MR) is 77.1 cm³/mol. The van der Waals surface area contributed by atoms with Crippen LogP contribution >= 0.6 is 0 Å². The summed E-state index contributed by atoms with van der Waals surface area (Å²) in [6, 6.07) is 6.11. The number of benzene rings is 1. The Hall–Kier alpha value is -2.65. The molecule has 2 N–H and O–H groups in total. The number of nitrogens with zero attached hydrogens (tertiary/aromatic N) is 1. The summed E-state index contributed by atoms with van der Waals surface area (Å²) >= 11 is 0. The fourth-order valence-corrected chi connectivity index (χ4v) is 2.58. The van der Waals surface area contributed by atoms with Crippen LogP contribution in [0.15, 0.2) is 30.5 Å². The van der Waals surface area contributed by atoms with Crippen LogP contribution in [0.25, 0.3) is 21.8 Å². The number of hydrogen-bond acceptors (Lipinski definition) is 6. The van der Waals surface area contributed by atoms with E-state index in [0.29, 0.717) is 21.8 Å². The van der Waals surface area contributed by atoms with Crippen LogP contribution in [0, 0.1) is 0 Å². The Bertz CT molecular complexity index is 992. The molecule has 8 nitrogen and oxygen atoms in total. The number of carbonyl (C=O) groups is 1. The molecule has 0 amide bonds. The lowest BCUT2D eigenvalue weighted by molar-refractivity contribution is 0.0594. The van der Waals surface area contributed by atoms with E-state index in [1.807, 2.05) is 0 Å². The molecule has 0 bridgehead atoms. The van der Waals surface area contributed by atoms with E-state index in [1.54, 1.807) is 12.1 Å². The Morgan fingerprint density at radius 3 is 2.77 bits per heavy atom. The van der Waals surface area contributed by atoms with Gasteiger partial charge in [-0.3, -0.25) is 4.55 Å². The molecule has 3 aromatic rings. The molecule has 0 unspecified atom stereocenters. The molecule has 0 aliphatic carbocycles. The van der Waals surface area contributed by atoms with Gasteiger partial charge >= 0.3 is 16.4 Å². The number of carbonyl (C=O) groups excluding carboxylic acids is 1. The van der Waals surface area contributed by atoms with Crippen LogP contribution < -0.4 is 4.18 Å². The molecular weight excluding hydrogens is 312 g/mol. The zero-order chi connectivity index (χ0) is 15.9. The Kier molecular flexibility index (Phi) is 3.23. The monoisotopic (exact) mass is 322 g/mol. The topological polar surface area (TPSA) is 119 Å². The summed E-state index contributed by atoms with van der Waals surface area (Å²) in [4.78, 5) is 18.5. The standard InChI is InChI=1S/C13H10N2O6S/c1-20-13(16)9-5-7-10(6-14-9)15-8-3-2-4-11(12(7)8)21-22(17,18)19/h2-6,15H,1H3,(H,17,18,19). The Morgan fingerprint density at radius 2 is 2.09 bits per heavy atom. The fourth-order valence-electron chi connectivity index (χ4n) is 2.22. The van der Waals surface area contributed by atoms with E-state index >= 15 is 0 Å². The van der Waals surface area contributed by atoms with Crippen molar-refractivity contribution < 1.29 is 26.7 Å². The van der Waals surface area contributed by atoms with Crippen molar-refractivity contribution in [3.05, 3.63) is 36.2 Å². The van der Waals surface area contributed by atoms with Crippen LogP contribution in [0.1, 0.15) is 10.5 Å². The highest BCUT2D eigenvalue weighted by molar-refractivity contribution is 7.81. The smallest absolute Gasteiger partial charge is 0.446 e. The van der Waals surface area contributed by atoms with Crippen molar-refractivity contribution in [1.29, 1.82) is 0 Å². The molecule has 0 aliphatic heterocycles. The molecule has 9 heteroatoms. The number of nitrogens with one attached hydrogen (secondary N) is 1. The number of methoxy groups -OCH3 is 1. The summed E-state index contributed by atoms with van der Waals surface area (Å²) in [5.41, 5.74) is 1.21. The number of aromatic nitrogens is 2. The van der Waals surface area contributed by atoms with Gasteiger partial charge in [0.1, 0.15) is 5.69 Å². The highest BCUT2D eigenvalue weighted by atomic mass is 32.3. The van der Waals surface area contributed by atoms with Crippen molar-refractivity contribution in [3.8, 4) is 5.75 Å². The molecule has 0 saturated heterocycles. The van der Waals surface area contributed by atoms with Gasteiger partial charge in [-0.1, -0.05) is 6.07 Å². The molecular formula is C13H10N2O6S. The highest BCUT2D eigenvalue weighted by Crippen LogP contribution is 2.33. The molecule has 114 valence electrons. The van der Waals surface area contributed by atoms with Crippen LogP contribution in [0.4, 0.5) is 0 Å². The third-order valence-electron chi connectivity index (χ3n) is 3.06. The van der Waals surface area contributed by atoms with Crippen LogP contribution in [0.5, 0.6) is 5.75 Å². The van der Waals surface area contributed by atoms with Crippen molar-refractivity contribution in [1.82, 2.24) is 9.97 Å². The molecule has 0 radical (unpaired) electrons. The first-order valence-electron chi connectivity index (χ1n) is 6.05. The number of aromatic amines is 1. The molecule has 0 aliphatic rings. The number of ether oxygens (including phenoxy) is 1. The van der Waals surface area contributed by atoms with Gasteiger partial charge in [-0.05, 0) is 18.2 Å². The van der Waals surface area contributed by atoms with Gasteiger partial charge in [0.25, 0.3) is 0 Å². The molecule has 1 aromatic carbocycles.